The van der Waals surface area contributed by atoms with Crippen molar-refractivity contribution in [1.29, 1.82) is 0 Å². The number of benzene rings is 2. The molecule has 0 saturated heterocycles. The molecule has 0 fully saturated rings. The Bertz CT molecular complexity index is 1470. The zero-order chi connectivity index (χ0) is 33.4. The number of imidazole rings is 2. The van der Waals surface area contributed by atoms with E-state index in [1.54, 1.807) is 0 Å². The summed E-state index contributed by atoms with van der Waals surface area (Å²) in [7, 11) is 0. The average molecular weight is 666 g/mol. The third-order valence-corrected chi connectivity index (χ3v) is 8.15. The monoisotopic (exact) mass is 664 g/mol. The zero-order valence-corrected chi connectivity index (χ0v) is 29.3. The summed E-state index contributed by atoms with van der Waals surface area (Å²) in [4.78, 5) is 45.0. The molecule has 0 aliphatic heterocycles. The number of hydrogen-bond donors (Lipinski definition) is 2. The van der Waals surface area contributed by atoms with Crippen LogP contribution in [0.4, 0.5) is 0 Å². The minimum absolute atomic E-state index is 0.128. The molecule has 4 aromatic rings. The molecule has 2 aromatic heterocycles. The number of carbonyl (C=O) groups is 2. The quantitative estimate of drug-likeness (QED) is 0.132. The highest BCUT2D eigenvalue weighted by Gasteiger charge is 2.20. The van der Waals surface area contributed by atoms with Gasteiger partial charge in [-0.3, -0.25) is 9.59 Å². The number of amides is 2. The van der Waals surface area contributed by atoms with Crippen molar-refractivity contribution in [3.63, 3.8) is 0 Å². The summed E-state index contributed by atoms with van der Waals surface area (Å²) in [6.07, 6.45) is 2.78. The van der Waals surface area contributed by atoms with Gasteiger partial charge in [0.25, 0.3) is 0 Å². The number of nitrogens with one attached hydrogen (secondary N) is 2. The van der Waals surface area contributed by atoms with Gasteiger partial charge in [-0.25, -0.2) is 9.97 Å². The zero-order valence-electron chi connectivity index (χ0n) is 27.8. The van der Waals surface area contributed by atoms with Gasteiger partial charge in [-0.2, -0.15) is 0 Å². The van der Waals surface area contributed by atoms with E-state index in [0.717, 1.165) is 35.1 Å². The SMILES string of the molecule is CCCN(Cc1nc(-c2ccc(-c3ccc(-c4nc(CN(CCC)C(=O)CC(C)C)[nH]c4Cl)cc3)cc2)c(Cl)[nH]1)C(=O)CC(C)C. The van der Waals surface area contributed by atoms with Gasteiger partial charge in [0.15, 0.2) is 0 Å². The van der Waals surface area contributed by atoms with Gasteiger partial charge in [-0.1, -0.05) is 113 Å². The molecule has 4 rings (SSSR count). The van der Waals surface area contributed by atoms with Crippen LogP contribution in [0.3, 0.4) is 0 Å². The van der Waals surface area contributed by atoms with Crippen LogP contribution in [-0.2, 0) is 22.7 Å². The number of aromatic amines is 2. The Kier molecular flexibility index (Phi) is 12.5. The van der Waals surface area contributed by atoms with Crippen LogP contribution in [0.25, 0.3) is 33.6 Å². The fraction of sp³-hybridized carbons (Fsp3) is 0.444. The lowest BCUT2D eigenvalue weighted by Gasteiger charge is -2.22. The van der Waals surface area contributed by atoms with Crippen molar-refractivity contribution >= 4 is 35.0 Å². The van der Waals surface area contributed by atoms with Crippen LogP contribution in [0.15, 0.2) is 48.5 Å². The molecule has 0 aliphatic carbocycles. The third kappa shape index (κ3) is 9.23. The average Bonchev–Trinajstić information content (AvgIpc) is 3.57. The molecule has 46 heavy (non-hydrogen) atoms. The maximum Gasteiger partial charge on any atom is 0.223 e. The van der Waals surface area contributed by atoms with E-state index in [0.29, 0.717) is 84.2 Å². The molecule has 8 nitrogen and oxygen atoms in total. The van der Waals surface area contributed by atoms with Crippen molar-refractivity contribution in [1.82, 2.24) is 29.7 Å². The molecule has 2 heterocycles. The molecule has 0 aliphatic rings. The molecule has 0 bridgehead atoms. The number of halogens is 2. The van der Waals surface area contributed by atoms with E-state index in [9.17, 15) is 9.59 Å². The summed E-state index contributed by atoms with van der Waals surface area (Å²) in [5, 5.41) is 0.912. The maximum atomic E-state index is 12.7. The molecule has 0 saturated carbocycles. The lowest BCUT2D eigenvalue weighted by molar-refractivity contribution is -0.133. The Hall–Kier alpha value is -3.62. The molecular weight excluding hydrogens is 619 g/mol. The van der Waals surface area contributed by atoms with Crippen molar-refractivity contribution < 1.29 is 9.59 Å². The highest BCUT2D eigenvalue weighted by molar-refractivity contribution is 6.32. The van der Waals surface area contributed by atoms with Crippen LogP contribution >= 0.6 is 23.2 Å². The van der Waals surface area contributed by atoms with E-state index >= 15 is 0 Å². The number of H-pyrrole nitrogens is 2. The predicted octanol–water partition coefficient (Wildman–Crippen LogP) is 9.01. The predicted molar refractivity (Wildman–Crippen MR) is 187 cm³/mol. The van der Waals surface area contributed by atoms with Gasteiger partial charge in [0.2, 0.25) is 11.8 Å². The van der Waals surface area contributed by atoms with Gasteiger partial charge >= 0.3 is 0 Å². The molecule has 0 unspecified atom stereocenters. The molecule has 2 amide bonds. The maximum absolute atomic E-state index is 12.7. The summed E-state index contributed by atoms with van der Waals surface area (Å²) < 4.78 is 0. The Balaban J connectivity index is 1.45. The van der Waals surface area contributed by atoms with Crippen LogP contribution in [0.1, 0.15) is 78.9 Å². The molecule has 0 radical (unpaired) electrons. The first-order valence-electron chi connectivity index (χ1n) is 16.2. The number of carbonyl (C=O) groups excluding carboxylic acids is 2. The first kappa shape index (κ1) is 35.2. The second-order valence-corrected chi connectivity index (χ2v) is 13.4. The molecule has 10 heteroatoms. The molecule has 246 valence electrons. The molecule has 0 atom stereocenters. The summed E-state index contributed by atoms with van der Waals surface area (Å²) in [6.45, 7) is 14.5. The number of rotatable bonds is 15. The van der Waals surface area contributed by atoms with Crippen molar-refractivity contribution in [2.45, 2.75) is 80.3 Å². The van der Waals surface area contributed by atoms with Crippen molar-refractivity contribution in [2.75, 3.05) is 13.1 Å². The van der Waals surface area contributed by atoms with Gasteiger partial charge in [0.1, 0.15) is 33.3 Å². The Morgan fingerprint density at radius 2 is 0.957 bits per heavy atom. The Morgan fingerprint density at radius 3 is 1.26 bits per heavy atom. The second kappa shape index (κ2) is 16.3. The highest BCUT2D eigenvalue weighted by atomic mass is 35.5. The topological polar surface area (TPSA) is 98.0 Å². The van der Waals surface area contributed by atoms with Gasteiger partial charge in [0.05, 0.1) is 13.1 Å². The summed E-state index contributed by atoms with van der Waals surface area (Å²) in [5.41, 5.74) is 5.20. The fourth-order valence-corrected chi connectivity index (χ4v) is 5.93. The van der Waals surface area contributed by atoms with Crippen LogP contribution in [-0.4, -0.2) is 54.6 Å². The van der Waals surface area contributed by atoms with Crippen LogP contribution in [0.2, 0.25) is 10.3 Å². The first-order chi connectivity index (χ1) is 22.0. The Labute approximate surface area is 282 Å². The van der Waals surface area contributed by atoms with Crippen LogP contribution in [0.5, 0.6) is 0 Å². The number of aromatic nitrogens is 4. The van der Waals surface area contributed by atoms with E-state index < -0.39 is 0 Å². The summed E-state index contributed by atoms with van der Waals surface area (Å²) in [6, 6.07) is 16.2. The normalized spacial score (nSPS) is 11.4. The smallest absolute Gasteiger partial charge is 0.223 e. The molecule has 2 N–H and O–H groups in total. The van der Waals surface area contributed by atoms with Crippen LogP contribution < -0.4 is 0 Å². The molecular formula is C36H46Cl2N6O2. The van der Waals surface area contributed by atoms with Crippen LogP contribution in [0, 0.1) is 11.8 Å². The molecule has 0 spiro atoms. The van der Waals surface area contributed by atoms with E-state index in [1.165, 1.54) is 0 Å². The van der Waals surface area contributed by atoms with Gasteiger partial charge in [0, 0.05) is 37.1 Å². The minimum Gasteiger partial charge on any atom is -0.335 e. The van der Waals surface area contributed by atoms with Crippen molar-refractivity contribution in [2.24, 2.45) is 11.8 Å². The first-order valence-corrected chi connectivity index (χ1v) is 17.0. The van der Waals surface area contributed by atoms with E-state index in [2.05, 4.69) is 51.5 Å². The molecule has 2 aromatic carbocycles. The summed E-state index contributed by atoms with van der Waals surface area (Å²) >= 11 is 13.1. The fourth-order valence-electron chi connectivity index (χ4n) is 5.41. The van der Waals surface area contributed by atoms with Gasteiger partial charge in [-0.15, -0.1) is 0 Å². The minimum atomic E-state index is 0.128. The van der Waals surface area contributed by atoms with Crippen molar-refractivity contribution in [3.8, 4) is 33.6 Å². The van der Waals surface area contributed by atoms with E-state index in [4.69, 9.17) is 33.2 Å². The summed E-state index contributed by atoms with van der Waals surface area (Å²) in [5.74, 6) is 2.20. The van der Waals surface area contributed by atoms with E-state index in [1.807, 2.05) is 58.3 Å². The lowest BCUT2D eigenvalue weighted by atomic mass is 10.0. The largest absolute Gasteiger partial charge is 0.335 e. The number of nitrogens with zero attached hydrogens (tertiary/aromatic N) is 4. The Morgan fingerprint density at radius 1 is 0.630 bits per heavy atom. The van der Waals surface area contributed by atoms with E-state index in [-0.39, 0.29) is 11.8 Å². The third-order valence-electron chi connectivity index (χ3n) is 7.61. The second-order valence-electron chi connectivity index (χ2n) is 12.7. The number of hydrogen-bond acceptors (Lipinski definition) is 4. The lowest BCUT2D eigenvalue weighted by Crippen LogP contribution is -2.32. The van der Waals surface area contributed by atoms with Gasteiger partial charge in [-0.05, 0) is 35.8 Å². The standard InChI is InChI=1S/C36H46Cl2N6O2/c1-7-17-43(31(45)19-23(3)4)21-29-39-33(35(37)41-29)27-13-9-25(10-14-27)26-11-15-28(16-12-26)34-36(38)42-30(40-34)22-44(18-8-2)32(46)20-24(5)6/h9-16,23-24H,7-8,17-22H2,1-6H3,(H,39,41)(H,40,42). The van der Waals surface area contributed by atoms with Gasteiger partial charge < -0.3 is 19.8 Å². The van der Waals surface area contributed by atoms with Crippen molar-refractivity contribution in [3.05, 3.63) is 70.5 Å². The highest BCUT2D eigenvalue weighted by Crippen LogP contribution is 2.31.